The molecule has 0 spiro atoms. The van der Waals surface area contributed by atoms with Crippen molar-refractivity contribution in [1.29, 1.82) is 0 Å². The van der Waals surface area contributed by atoms with Gasteiger partial charge in [-0.25, -0.2) is 13.6 Å². The van der Waals surface area contributed by atoms with Gasteiger partial charge in [-0.1, -0.05) is 29.8 Å². The van der Waals surface area contributed by atoms with Gasteiger partial charge in [0.25, 0.3) is 0 Å². The third-order valence-electron chi connectivity index (χ3n) is 5.23. The number of fused-ring (bicyclic) bond motifs is 2. The maximum absolute atomic E-state index is 11.6. The van der Waals surface area contributed by atoms with Crippen LogP contribution >= 0.6 is 11.6 Å². The topological polar surface area (TPSA) is 81.9 Å². The predicted octanol–water partition coefficient (Wildman–Crippen LogP) is 2.89. The molecule has 2 aromatic rings. The molecule has 4 rings (SSSR count). The summed E-state index contributed by atoms with van der Waals surface area (Å²) >= 11 is 6.67. The van der Waals surface area contributed by atoms with E-state index in [0.717, 1.165) is 42.7 Å². The summed E-state index contributed by atoms with van der Waals surface area (Å²) in [6.07, 6.45) is 2.66. The van der Waals surface area contributed by atoms with E-state index in [-0.39, 0.29) is 17.6 Å². The van der Waals surface area contributed by atoms with Crippen LogP contribution in [0.25, 0.3) is 0 Å². The second-order valence-electron chi connectivity index (χ2n) is 6.96. The molecule has 1 unspecified atom stereocenters. The lowest BCUT2D eigenvalue weighted by atomic mass is 9.87. The largest absolute Gasteiger partial charge is 0.454 e. The molecular formula is C20H21ClN2O4S. The number of nitrogens with zero attached hydrogens (tertiary/aromatic N) is 1. The van der Waals surface area contributed by atoms with E-state index >= 15 is 0 Å². The van der Waals surface area contributed by atoms with Gasteiger partial charge in [0.15, 0.2) is 11.5 Å². The zero-order chi connectivity index (χ0) is 19.9. The summed E-state index contributed by atoms with van der Waals surface area (Å²) in [6.45, 7) is 6.36. The second kappa shape index (κ2) is 7.40. The van der Waals surface area contributed by atoms with Gasteiger partial charge in [0, 0.05) is 25.6 Å². The molecular weight excluding hydrogens is 400 g/mol. The highest BCUT2D eigenvalue weighted by Crippen LogP contribution is 2.46. The van der Waals surface area contributed by atoms with Crippen LogP contribution in [0.5, 0.6) is 11.5 Å². The molecule has 0 bridgehead atoms. The summed E-state index contributed by atoms with van der Waals surface area (Å²) < 4.78 is 34.3. The highest BCUT2D eigenvalue weighted by Gasteiger charge is 2.31. The molecule has 2 heterocycles. The molecule has 148 valence electrons. The maximum Gasteiger partial charge on any atom is 0.238 e. The van der Waals surface area contributed by atoms with E-state index in [0.29, 0.717) is 16.5 Å². The zero-order valence-corrected chi connectivity index (χ0v) is 16.8. The second-order valence-corrected chi connectivity index (χ2v) is 8.90. The SMILES string of the molecule is C=CCN1CCc2c(cc3c(c2Cl)OCO3)C(c2ccc(S(N)(=O)=O)cc2)C1. The first-order valence-electron chi connectivity index (χ1n) is 8.95. The highest BCUT2D eigenvalue weighted by molar-refractivity contribution is 7.89. The van der Waals surface area contributed by atoms with Crippen molar-refractivity contribution in [2.45, 2.75) is 17.2 Å². The molecule has 0 fully saturated rings. The third kappa shape index (κ3) is 3.51. The van der Waals surface area contributed by atoms with Gasteiger partial charge in [0.05, 0.1) is 9.92 Å². The number of hydrogen-bond donors (Lipinski definition) is 1. The average molecular weight is 421 g/mol. The van der Waals surface area contributed by atoms with E-state index in [1.54, 1.807) is 12.1 Å². The van der Waals surface area contributed by atoms with E-state index in [1.807, 2.05) is 24.3 Å². The van der Waals surface area contributed by atoms with Gasteiger partial charge in [-0.05, 0) is 41.3 Å². The van der Waals surface area contributed by atoms with Crippen molar-refractivity contribution in [2.24, 2.45) is 5.14 Å². The smallest absolute Gasteiger partial charge is 0.238 e. The lowest BCUT2D eigenvalue weighted by Crippen LogP contribution is -2.29. The monoisotopic (exact) mass is 420 g/mol. The van der Waals surface area contributed by atoms with Crippen LogP contribution in [0.3, 0.4) is 0 Å². The van der Waals surface area contributed by atoms with Crippen LogP contribution in [0.15, 0.2) is 47.9 Å². The van der Waals surface area contributed by atoms with Crippen molar-refractivity contribution in [1.82, 2.24) is 4.90 Å². The van der Waals surface area contributed by atoms with Crippen molar-refractivity contribution in [3.8, 4) is 11.5 Å². The molecule has 28 heavy (non-hydrogen) atoms. The van der Waals surface area contributed by atoms with Crippen LogP contribution in [0.1, 0.15) is 22.6 Å². The van der Waals surface area contributed by atoms with Gasteiger partial charge < -0.3 is 9.47 Å². The zero-order valence-electron chi connectivity index (χ0n) is 15.2. The summed E-state index contributed by atoms with van der Waals surface area (Å²) in [5, 5.41) is 5.83. The predicted molar refractivity (Wildman–Crippen MR) is 108 cm³/mol. The Kier molecular flexibility index (Phi) is 5.09. The van der Waals surface area contributed by atoms with Gasteiger partial charge in [0.1, 0.15) is 0 Å². The Morgan fingerprint density at radius 3 is 2.71 bits per heavy atom. The molecule has 2 aliphatic heterocycles. The molecule has 1 atom stereocenters. The Bertz CT molecular complexity index is 1020. The van der Waals surface area contributed by atoms with E-state index in [4.69, 9.17) is 26.2 Å². The van der Waals surface area contributed by atoms with E-state index in [9.17, 15) is 8.42 Å². The summed E-state index contributed by atoms with van der Waals surface area (Å²) in [5.41, 5.74) is 3.10. The minimum absolute atomic E-state index is 0.000946. The third-order valence-corrected chi connectivity index (χ3v) is 6.56. The molecule has 0 radical (unpaired) electrons. The number of ether oxygens (including phenoxy) is 2. The van der Waals surface area contributed by atoms with Crippen LogP contribution in [-0.4, -0.2) is 39.7 Å². The van der Waals surface area contributed by atoms with Gasteiger partial charge in [-0.2, -0.15) is 0 Å². The Morgan fingerprint density at radius 1 is 1.29 bits per heavy atom. The fourth-order valence-electron chi connectivity index (χ4n) is 3.87. The molecule has 0 saturated heterocycles. The molecule has 0 saturated carbocycles. The lowest BCUT2D eigenvalue weighted by Gasteiger charge is -2.24. The summed E-state index contributed by atoms with van der Waals surface area (Å²) in [6, 6.07) is 8.71. The minimum Gasteiger partial charge on any atom is -0.454 e. The molecule has 8 heteroatoms. The number of hydrogen-bond acceptors (Lipinski definition) is 5. The Balaban J connectivity index is 1.82. The number of benzene rings is 2. The quantitative estimate of drug-likeness (QED) is 0.769. The number of halogens is 1. The van der Waals surface area contributed by atoms with Crippen molar-refractivity contribution in [2.75, 3.05) is 26.4 Å². The molecule has 2 aliphatic rings. The van der Waals surface area contributed by atoms with Crippen LogP contribution in [-0.2, 0) is 16.4 Å². The fourth-order valence-corrected chi connectivity index (χ4v) is 4.73. The average Bonchev–Trinajstić information content (AvgIpc) is 3.05. The van der Waals surface area contributed by atoms with Crippen LogP contribution in [0.4, 0.5) is 0 Å². The standard InChI is InChI=1S/C20H21ClN2O4S/c1-2-8-23-9-7-15-16(10-18-20(19(15)21)27-12-26-18)17(11-23)13-3-5-14(6-4-13)28(22,24)25/h2-6,10,17H,1,7-9,11-12H2,(H2,22,24,25). The number of sulfonamides is 1. The lowest BCUT2D eigenvalue weighted by molar-refractivity contribution is 0.174. The molecule has 2 N–H and O–H groups in total. The fraction of sp³-hybridized carbons (Fsp3) is 0.300. The molecule has 0 aromatic heterocycles. The normalized spacial score (nSPS) is 19.1. The number of rotatable bonds is 4. The molecule has 0 amide bonds. The molecule has 6 nitrogen and oxygen atoms in total. The Morgan fingerprint density at radius 2 is 2.04 bits per heavy atom. The first-order chi connectivity index (χ1) is 13.4. The number of primary sulfonamides is 1. The Hall–Kier alpha value is -2.06. The van der Waals surface area contributed by atoms with Crippen molar-refractivity contribution in [3.05, 3.63) is 64.7 Å². The van der Waals surface area contributed by atoms with Crippen molar-refractivity contribution >= 4 is 21.6 Å². The van der Waals surface area contributed by atoms with Crippen LogP contribution < -0.4 is 14.6 Å². The van der Waals surface area contributed by atoms with Gasteiger partial charge >= 0.3 is 0 Å². The number of nitrogens with two attached hydrogens (primary N) is 1. The van der Waals surface area contributed by atoms with Crippen molar-refractivity contribution in [3.63, 3.8) is 0 Å². The van der Waals surface area contributed by atoms with E-state index in [1.165, 1.54) is 0 Å². The van der Waals surface area contributed by atoms with Gasteiger partial charge in [-0.3, -0.25) is 4.90 Å². The van der Waals surface area contributed by atoms with Crippen LogP contribution in [0.2, 0.25) is 5.02 Å². The highest BCUT2D eigenvalue weighted by atomic mass is 35.5. The van der Waals surface area contributed by atoms with Crippen molar-refractivity contribution < 1.29 is 17.9 Å². The first-order valence-corrected chi connectivity index (χ1v) is 10.9. The summed E-state index contributed by atoms with van der Waals surface area (Å²) in [4.78, 5) is 2.39. The first kappa shape index (κ1) is 19.3. The van der Waals surface area contributed by atoms with E-state index in [2.05, 4.69) is 11.5 Å². The van der Waals surface area contributed by atoms with E-state index < -0.39 is 10.0 Å². The van der Waals surface area contributed by atoms with Gasteiger partial charge in [-0.15, -0.1) is 6.58 Å². The Labute approximate surface area is 169 Å². The molecule has 0 aliphatic carbocycles. The maximum atomic E-state index is 11.6. The molecule has 2 aromatic carbocycles. The summed E-state index contributed by atoms with van der Waals surface area (Å²) in [5.74, 6) is 1.24. The van der Waals surface area contributed by atoms with Crippen LogP contribution in [0, 0.1) is 0 Å². The minimum atomic E-state index is -3.73. The summed E-state index contributed by atoms with van der Waals surface area (Å²) in [7, 11) is -3.73. The van der Waals surface area contributed by atoms with Gasteiger partial charge in [0.2, 0.25) is 16.8 Å².